The average Bonchev–Trinajstić information content (AvgIpc) is 3.29. The van der Waals surface area contributed by atoms with E-state index in [1.165, 1.54) is 5.56 Å². The standard InChI is InChI=1S/C21H25N3O3S/c25-21(22-12-11-16-7-3-1-4-8-16)24-15-17-13-19(20(24)14-17)23-28(26,27)18-9-5-2-6-10-18/h1-10,17,19-20,23H,11-15H2,(H,22,25)/t17-,19+,20-/m1/s1. The third kappa shape index (κ3) is 4.05. The maximum Gasteiger partial charge on any atom is 0.317 e. The Labute approximate surface area is 166 Å². The lowest BCUT2D eigenvalue weighted by Gasteiger charge is -2.33. The van der Waals surface area contributed by atoms with Gasteiger partial charge in [0.05, 0.1) is 10.9 Å². The number of fused-ring (bicyclic) bond motifs is 2. The van der Waals surface area contributed by atoms with Gasteiger partial charge in [0.2, 0.25) is 10.0 Å². The first-order valence-electron chi connectivity index (χ1n) is 9.69. The zero-order valence-electron chi connectivity index (χ0n) is 15.6. The van der Waals surface area contributed by atoms with Crippen LogP contribution in [0.3, 0.4) is 0 Å². The van der Waals surface area contributed by atoms with Crippen molar-refractivity contribution in [3.63, 3.8) is 0 Å². The van der Waals surface area contributed by atoms with Gasteiger partial charge in [-0.25, -0.2) is 17.9 Å². The van der Waals surface area contributed by atoms with Crippen molar-refractivity contribution in [1.29, 1.82) is 0 Å². The minimum Gasteiger partial charge on any atom is -0.338 e. The third-order valence-electron chi connectivity index (χ3n) is 5.64. The summed E-state index contributed by atoms with van der Waals surface area (Å²) in [5.41, 5.74) is 1.18. The van der Waals surface area contributed by atoms with Crippen molar-refractivity contribution in [3.05, 3.63) is 66.2 Å². The summed E-state index contributed by atoms with van der Waals surface area (Å²) < 4.78 is 28.1. The molecule has 0 unspecified atom stereocenters. The summed E-state index contributed by atoms with van der Waals surface area (Å²) in [6.07, 6.45) is 2.41. The van der Waals surface area contributed by atoms with Gasteiger partial charge in [-0.1, -0.05) is 48.5 Å². The van der Waals surface area contributed by atoms with Crippen LogP contribution in [-0.4, -0.2) is 44.5 Å². The Bertz CT molecular complexity index is 918. The molecule has 2 aliphatic rings. The molecule has 0 radical (unpaired) electrons. The van der Waals surface area contributed by atoms with E-state index in [1.807, 2.05) is 30.3 Å². The largest absolute Gasteiger partial charge is 0.338 e. The van der Waals surface area contributed by atoms with Crippen molar-refractivity contribution >= 4 is 16.1 Å². The predicted molar refractivity (Wildman–Crippen MR) is 107 cm³/mol. The minimum atomic E-state index is -3.58. The first-order chi connectivity index (χ1) is 13.5. The molecule has 4 rings (SSSR count). The van der Waals surface area contributed by atoms with Gasteiger partial charge in [0.1, 0.15) is 0 Å². The van der Waals surface area contributed by atoms with Crippen molar-refractivity contribution in [2.24, 2.45) is 5.92 Å². The molecule has 1 saturated carbocycles. The summed E-state index contributed by atoms with van der Waals surface area (Å²) in [5.74, 6) is 0.355. The van der Waals surface area contributed by atoms with Gasteiger partial charge in [-0.2, -0.15) is 0 Å². The highest BCUT2D eigenvalue weighted by molar-refractivity contribution is 7.89. The quantitative estimate of drug-likeness (QED) is 0.783. The highest BCUT2D eigenvalue weighted by Gasteiger charge is 2.48. The smallest absolute Gasteiger partial charge is 0.317 e. The molecule has 2 bridgehead atoms. The molecule has 7 heteroatoms. The number of nitrogens with zero attached hydrogens (tertiary/aromatic N) is 1. The third-order valence-corrected chi connectivity index (χ3v) is 7.14. The summed E-state index contributed by atoms with van der Waals surface area (Å²) >= 11 is 0. The second-order valence-electron chi connectivity index (χ2n) is 7.57. The Hall–Kier alpha value is -2.38. The molecule has 148 valence electrons. The Morgan fingerprint density at radius 2 is 1.68 bits per heavy atom. The van der Waals surface area contributed by atoms with E-state index in [-0.39, 0.29) is 23.0 Å². The topological polar surface area (TPSA) is 78.5 Å². The predicted octanol–water partition coefficient (Wildman–Crippen LogP) is 2.38. The monoisotopic (exact) mass is 399 g/mol. The van der Waals surface area contributed by atoms with Crippen LogP contribution in [0.2, 0.25) is 0 Å². The summed E-state index contributed by atoms with van der Waals surface area (Å²) in [7, 11) is -3.58. The summed E-state index contributed by atoms with van der Waals surface area (Å²) in [6, 6.07) is 18.0. The second kappa shape index (κ2) is 7.93. The van der Waals surface area contributed by atoms with Gasteiger partial charge in [0, 0.05) is 19.1 Å². The first-order valence-corrected chi connectivity index (χ1v) is 11.2. The highest BCUT2D eigenvalue weighted by atomic mass is 32.2. The van der Waals surface area contributed by atoms with Crippen molar-refractivity contribution < 1.29 is 13.2 Å². The molecular weight excluding hydrogens is 374 g/mol. The molecule has 2 fully saturated rings. The number of nitrogens with one attached hydrogen (secondary N) is 2. The molecule has 28 heavy (non-hydrogen) atoms. The fraction of sp³-hybridized carbons (Fsp3) is 0.381. The number of carbonyl (C=O) groups excluding carboxylic acids is 1. The van der Waals surface area contributed by atoms with Crippen molar-refractivity contribution in [1.82, 2.24) is 14.9 Å². The van der Waals surface area contributed by atoms with Crippen LogP contribution in [0, 0.1) is 5.92 Å². The Morgan fingerprint density at radius 1 is 1.00 bits per heavy atom. The lowest BCUT2D eigenvalue weighted by atomic mass is 10.1. The van der Waals surface area contributed by atoms with Crippen LogP contribution < -0.4 is 10.0 Å². The van der Waals surface area contributed by atoms with E-state index < -0.39 is 10.0 Å². The van der Waals surface area contributed by atoms with E-state index in [1.54, 1.807) is 35.2 Å². The maximum absolute atomic E-state index is 12.6. The van der Waals surface area contributed by atoms with Crippen LogP contribution in [0.1, 0.15) is 18.4 Å². The van der Waals surface area contributed by atoms with Gasteiger partial charge >= 0.3 is 6.03 Å². The van der Waals surface area contributed by atoms with E-state index >= 15 is 0 Å². The van der Waals surface area contributed by atoms with Crippen LogP contribution in [0.4, 0.5) is 4.79 Å². The van der Waals surface area contributed by atoms with Crippen molar-refractivity contribution in [2.45, 2.75) is 36.2 Å². The summed E-state index contributed by atoms with van der Waals surface area (Å²) in [6.45, 7) is 1.27. The van der Waals surface area contributed by atoms with Gasteiger partial charge in [-0.15, -0.1) is 0 Å². The van der Waals surface area contributed by atoms with E-state index in [2.05, 4.69) is 10.0 Å². The lowest BCUT2D eigenvalue weighted by Crippen LogP contribution is -2.54. The summed E-state index contributed by atoms with van der Waals surface area (Å²) in [5, 5.41) is 2.98. The Morgan fingerprint density at radius 3 is 2.36 bits per heavy atom. The van der Waals surface area contributed by atoms with Crippen LogP contribution >= 0.6 is 0 Å². The molecule has 1 aliphatic heterocycles. The number of urea groups is 1. The number of hydrogen-bond acceptors (Lipinski definition) is 3. The number of rotatable bonds is 6. The number of piperidine rings is 1. The molecule has 3 atom stereocenters. The van der Waals surface area contributed by atoms with E-state index in [0.29, 0.717) is 19.0 Å². The molecule has 2 aromatic rings. The minimum absolute atomic E-state index is 0.0831. The zero-order chi connectivity index (χ0) is 19.6. The lowest BCUT2D eigenvalue weighted by molar-refractivity contribution is 0.170. The maximum atomic E-state index is 12.6. The molecular formula is C21H25N3O3S. The van der Waals surface area contributed by atoms with Gasteiger partial charge in [0.25, 0.3) is 0 Å². The van der Waals surface area contributed by atoms with Crippen LogP contribution in [0.15, 0.2) is 65.6 Å². The molecule has 2 aromatic carbocycles. The van der Waals surface area contributed by atoms with Crippen molar-refractivity contribution in [2.75, 3.05) is 13.1 Å². The Kier molecular flexibility index (Phi) is 5.37. The van der Waals surface area contributed by atoms with E-state index in [4.69, 9.17) is 0 Å². The van der Waals surface area contributed by atoms with Crippen LogP contribution in [-0.2, 0) is 16.4 Å². The number of carbonyl (C=O) groups is 1. The van der Waals surface area contributed by atoms with Gasteiger partial charge in [-0.05, 0) is 42.9 Å². The molecule has 2 amide bonds. The van der Waals surface area contributed by atoms with Gasteiger partial charge in [-0.3, -0.25) is 0 Å². The summed E-state index contributed by atoms with van der Waals surface area (Å²) in [4.78, 5) is 14.7. The number of hydrogen-bond donors (Lipinski definition) is 2. The average molecular weight is 400 g/mol. The number of sulfonamides is 1. The molecule has 1 aliphatic carbocycles. The molecule has 1 heterocycles. The van der Waals surface area contributed by atoms with Crippen LogP contribution in [0.5, 0.6) is 0 Å². The van der Waals surface area contributed by atoms with E-state index in [0.717, 1.165) is 19.3 Å². The second-order valence-corrected chi connectivity index (χ2v) is 9.28. The zero-order valence-corrected chi connectivity index (χ0v) is 16.4. The van der Waals surface area contributed by atoms with Gasteiger partial charge in [0.15, 0.2) is 0 Å². The fourth-order valence-electron chi connectivity index (χ4n) is 4.31. The van der Waals surface area contributed by atoms with Crippen LogP contribution in [0.25, 0.3) is 0 Å². The van der Waals surface area contributed by atoms with Crippen molar-refractivity contribution in [3.8, 4) is 0 Å². The molecule has 1 saturated heterocycles. The first kappa shape index (κ1) is 19.0. The molecule has 0 aromatic heterocycles. The number of likely N-dealkylation sites (tertiary alicyclic amines) is 1. The molecule has 0 spiro atoms. The fourth-order valence-corrected chi connectivity index (χ4v) is 5.62. The molecule has 6 nitrogen and oxygen atoms in total. The normalized spacial score (nSPS) is 23.7. The highest BCUT2D eigenvalue weighted by Crippen LogP contribution is 2.38. The van der Waals surface area contributed by atoms with E-state index in [9.17, 15) is 13.2 Å². The SMILES string of the molecule is O=C(NCCc1ccccc1)N1C[C@@H]2C[C@H](NS(=O)(=O)c3ccccc3)[C@H]1C2. The number of amides is 2. The van der Waals surface area contributed by atoms with Gasteiger partial charge < -0.3 is 10.2 Å². The number of benzene rings is 2. The molecule has 2 N–H and O–H groups in total. The Balaban J connectivity index is 1.35.